The van der Waals surface area contributed by atoms with E-state index < -0.39 is 0 Å². The molecule has 1 saturated heterocycles. The van der Waals surface area contributed by atoms with Crippen LogP contribution in [0.1, 0.15) is 41.0 Å². The zero-order chi connectivity index (χ0) is 13.1. The molecular formula is C14H21N3O. The highest BCUT2D eigenvalue weighted by Gasteiger charge is 2.27. The molecule has 1 amide bonds. The number of nitrogens with two attached hydrogens (primary N) is 1. The fourth-order valence-electron chi connectivity index (χ4n) is 2.58. The number of hydrogen-bond donors (Lipinski definition) is 1. The molecule has 2 N–H and O–H groups in total. The number of pyridine rings is 1. The van der Waals surface area contributed by atoms with E-state index in [2.05, 4.69) is 4.98 Å². The van der Waals surface area contributed by atoms with E-state index in [1.165, 1.54) is 0 Å². The van der Waals surface area contributed by atoms with Crippen LogP contribution in [0.15, 0.2) is 12.1 Å². The van der Waals surface area contributed by atoms with Gasteiger partial charge in [-0.05, 0) is 45.2 Å². The number of aromatic nitrogens is 1. The number of rotatable bonds is 2. The molecule has 2 rings (SSSR count). The van der Waals surface area contributed by atoms with Crippen LogP contribution < -0.4 is 5.73 Å². The van der Waals surface area contributed by atoms with Gasteiger partial charge in [0.2, 0.25) is 0 Å². The highest BCUT2D eigenvalue weighted by Crippen LogP contribution is 2.20. The number of nitrogens with zero attached hydrogens (tertiary/aromatic N) is 2. The molecule has 0 radical (unpaired) electrons. The van der Waals surface area contributed by atoms with Crippen molar-refractivity contribution in [2.45, 2.75) is 39.2 Å². The number of carbonyl (C=O) groups is 1. The molecule has 0 aliphatic carbocycles. The topological polar surface area (TPSA) is 59.2 Å². The second-order valence-electron chi connectivity index (χ2n) is 4.97. The van der Waals surface area contributed by atoms with Gasteiger partial charge in [-0.15, -0.1) is 0 Å². The van der Waals surface area contributed by atoms with E-state index in [-0.39, 0.29) is 11.9 Å². The Morgan fingerprint density at radius 2 is 2.22 bits per heavy atom. The molecule has 0 spiro atoms. The first-order chi connectivity index (χ1) is 8.63. The van der Waals surface area contributed by atoms with Crippen molar-refractivity contribution in [2.24, 2.45) is 5.73 Å². The maximum Gasteiger partial charge on any atom is 0.255 e. The normalized spacial score (nSPS) is 19.9. The Morgan fingerprint density at radius 3 is 2.89 bits per heavy atom. The summed E-state index contributed by atoms with van der Waals surface area (Å²) in [6.07, 6.45) is 3.25. The van der Waals surface area contributed by atoms with Gasteiger partial charge in [0.25, 0.3) is 5.91 Å². The predicted molar refractivity (Wildman–Crippen MR) is 71.4 cm³/mol. The Kier molecular flexibility index (Phi) is 3.97. The Balaban J connectivity index is 2.24. The first kappa shape index (κ1) is 13.0. The molecule has 1 aliphatic rings. The first-order valence-electron chi connectivity index (χ1n) is 6.58. The Hall–Kier alpha value is -1.42. The highest BCUT2D eigenvalue weighted by atomic mass is 16.2. The maximum absolute atomic E-state index is 12.5. The van der Waals surface area contributed by atoms with Crippen LogP contribution in [0.25, 0.3) is 0 Å². The monoisotopic (exact) mass is 247 g/mol. The van der Waals surface area contributed by atoms with Gasteiger partial charge >= 0.3 is 0 Å². The summed E-state index contributed by atoms with van der Waals surface area (Å²) in [7, 11) is 0. The molecule has 1 atom stereocenters. The average molecular weight is 247 g/mol. The molecule has 1 unspecified atom stereocenters. The van der Waals surface area contributed by atoms with Gasteiger partial charge in [-0.3, -0.25) is 9.78 Å². The van der Waals surface area contributed by atoms with E-state index in [9.17, 15) is 4.79 Å². The molecule has 4 nitrogen and oxygen atoms in total. The van der Waals surface area contributed by atoms with Gasteiger partial charge in [-0.2, -0.15) is 0 Å². The van der Waals surface area contributed by atoms with Crippen molar-refractivity contribution in [2.75, 3.05) is 13.1 Å². The molecule has 1 aliphatic heterocycles. The largest absolute Gasteiger partial charge is 0.334 e. The van der Waals surface area contributed by atoms with Crippen LogP contribution in [-0.4, -0.2) is 34.9 Å². The number of likely N-dealkylation sites (tertiary alicyclic amines) is 1. The molecule has 1 aromatic rings. The summed E-state index contributed by atoms with van der Waals surface area (Å²) in [5, 5.41) is 0. The van der Waals surface area contributed by atoms with Crippen LogP contribution in [0, 0.1) is 13.8 Å². The lowest BCUT2D eigenvalue weighted by Gasteiger charge is -2.35. The van der Waals surface area contributed by atoms with Gasteiger partial charge in [-0.1, -0.05) is 0 Å². The third kappa shape index (κ3) is 2.53. The quantitative estimate of drug-likeness (QED) is 0.864. The molecule has 1 fully saturated rings. The van der Waals surface area contributed by atoms with E-state index in [0.717, 1.165) is 37.2 Å². The van der Waals surface area contributed by atoms with Crippen molar-refractivity contribution < 1.29 is 4.79 Å². The average Bonchev–Trinajstić information content (AvgIpc) is 2.38. The van der Waals surface area contributed by atoms with Crippen LogP contribution >= 0.6 is 0 Å². The SMILES string of the molecule is Cc1ccc(C(=O)N2CCCCC2CN)c(C)n1. The summed E-state index contributed by atoms with van der Waals surface area (Å²) in [5.74, 6) is 0.0788. The minimum Gasteiger partial charge on any atom is -0.334 e. The smallest absolute Gasteiger partial charge is 0.255 e. The fraction of sp³-hybridized carbons (Fsp3) is 0.571. The number of piperidine rings is 1. The van der Waals surface area contributed by atoms with E-state index in [4.69, 9.17) is 5.73 Å². The van der Waals surface area contributed by atoms with E-state index >= 15 is 0 Å². The Labute approximate surface area is 108 Å². The standard InChI is InChI=1S/C14H21N3O/c1-10-6-7-13(11(2)16-10)14(18)17-8-4-3-5-12(17)9-15/h6-7,12H,3-5,8-9,15H2,1-2H3. The van der Waals surface area contributed by atoms with Gasteiger partial charge in [-0.25, -0.2) is 0 Å². The molecule has 98 valence electrons. The van der Waals surface area contributed by atoms with Crippen LogP contribution in [-0.2, 0) is 0 Å². The molecule has 18 heavy (non-hydrogen) atoms. The molecule has 4 heteroatoms. The summed E-state index contributed by atoms with van der Waals surface area (Å²) in [6.45, 7) is 5.19. The van der Waals surface area contributed by atoms with Crippen LogP contribution in [0.5, 0.6) is 0 Å². The van der Waals surface area contributed by atoms with Gasteiger partial charge in [0.1, 0.15) is 0 Å². The van der Waals surface area contributed by atoms with Crippen molar-refractivity contribution in [3.8, 4) is 0 Å². The summed E-state index contributed by atoms with van der Waals surface area (Å²) in [4.78, 5) is 18.8. The molecule has 2 heterocycles. The van der Waals surface area contributed by atoms with Gasteiger partial charge in [0.15, 0.2) is 0 Å². The zero-order valence-corrected chi connectivity index (χ0v) is 11.1. The van der Waals surface area contributed by atoms with Crippen LogP contribution in [0.3, 0.4) is 0 Å². The van der Waals surface area contributed by atoms with Crippen LogP contribution in [0.4, 0.5) is 0 Å². The van der Waals surface area contributed by atoms with E-state index in [1.54, 1.807) is 0 Å². The molecule has 0 bridgehead atoms. The minimum absolute atomic E-state index is 0.0788. The van der Waals surface area contributed by atoms with Gasteiger partial charge in [0, 0.05) is 24.8 Å². The lowest BCUT2D eigenvalue weighted by molar-refractivity contribution is 0.0622. The number of hydrogen-bond acceptors (Lipinski definition) is 3. The number of carbonyl (C=O) groups excluding carboxylic acids is 1. The Bertz CT molecular complexity index is 445. The lowest BCUT2D eigenvalue weighted by atomic mass is 10.0. The molecular weight excluding hydrogens is 226 g/mol. The molecule has 1 aromatic heterocycles. The summed E-state index contributed by atoms with van der Waals surface area (Å²) in [6, 6.07) is 3.95. The van der Waals surface area contributed by atoms with Crippen molar-refractivity contribution in [1.29, 1.82) is 0 Å². The Morgan fingerprint density at radius 1 is 1.44 bits per heavy atom. The van der Waals surface area contributed by atoms with E-state index in [0.29, 0.717) is 12.1 Å². The first-order valence-corrected chi connectivity index (χ1v) is 6.58. The fourth-order valence-corrected chi connectivity index (χ4v) is 2.58. The van der Waals surface area contributed by atoms with Gasteiger partial charge in [0.05, 0.1) is 11.3 Å². The highest BCUT2D eigenvalue weighted by molar-refractivity contribution is 5.95. The van der Waals surface area contributed by atoms with E-state index in [1.807, 2.05) is 30.9 Å². The van der Waals surface area contributed by atoms with Gasteiger partial charge < -0.3 is 10.6 Å². The van der Waals surface area contributed by atoms with Crippen molar-refractivity contribution in [1.82, 2.24) is 9.88 Å². The maximum atomic E-state index is 12.5. The number of amides is 1. The lowest BCUT2D eigenvalue weighted by Crippen LogP contribution is -2.47. The number of aryl methyl sites for hydroxylation is 2. The summed E-state index contributed by atoms with van der Waals surface area (Å²) >= 11 is 0. The third-order valence-corrected chi connectivity index (χ3v) is 3.62. The van der Waals surface area contributed by atoms with Crippen molar-refractivity contribution >= 4 is 5.91 Å². The van der Waals surface area contributed by atoms with Crippen LogP contribution in [0.2, 0.25) is 0 Å². The van der Waals surface area contributed by atoms with Crippen molar-refractivity contribution in [3.63, 3.8) is 0 Å². The summed E-state index contributed by atoms with van der Waals surface area (Å²) < 4.78 is 0. The third-order valence-electron chi connectivity index (χ3n) is 3.62. The second kappa shape index (κ2) is 5.48. The van der Waals surface area contributed by atoms with Crippen molar-refractivity contribution in [3.05, 3.63) is 29.1 Å². The minimum atomic E-state index is 0.0788. The molecule has 0 aromatic carbocycles. The zero-order valence-electron chi connectivity index (χ0n) is 11.1. The second-order valence-corrected chi connectivity index (χ2v) is 4.97. The molecule has 0 saturated carbocycles. The predicted octanol–water partition coefficient (Wildman–Crippen LogP) is 1.65. The summed E-state index contributed by atoms with van der Waals surface area (Å²) in [5.41, 5.74) is 8.22.